The second-order valence-corrected chi connectivity index (χ2v) is 7.56. The molecule has 0 amide bonds. The summed E-state index contributed by atoms with van der Waals surface area (Å²) >= 11 is 0. The Balaban J connectivity index is 2.27. The lowest BCUT2D eigenvalue weighted by Crippen LogP contribution is -2.38. The summed E-state index contributed by atoms with van der Waals surface area (Å²) in [4.78, 5) is 24.3. The summed E-state index contributed by atoms with van der Waals surface area (Å²) in [7, 11) is 0. The van der Waals surface area contributed by atoms with Gasteiger partial charge < -0.3 is 15.3 Å². The molecule has 0 spiro atoms. The first-order valence-electron chi connectivity index (χ1n) is 9.72. The molecule has 1 aliphatic rings. The van der Waals surface area contributed by atoms with Gasteiger partial charge in [-0.1, -0.05) is 68.7 Å². The Kier molecular flexibility index (Phi) is 7.75. The number of hydrogen-bond acceptors (Lipinski definition) is 4. The molecule has 2 rings (SSSR count). The lowest BCUT2D eigenvalue weighted by atomic mass is 9.69. The second-order valence-electron chi connectivity index (χ2n) is 7.56. The van der Waals surface area contributed by atoms with E-state index in [1.165, 1.54) is 0 Å². The van der Waals surface area contributed by atoms with Crippen molar-refractivity contribution >= 4 is 11.8 Å². The number of rotatable bonds is 10. The van der Waals surface area contributed by atoms with Crippen molar-refractivity contribution in [3.05, 3.63) is 48.0 Å². The van der Waals surface area contributed by atoms with Crippen molar-refractivity contribution in [1.29, 1.82) is 0 Å². The summed E-state index contributed by atoms with van der Waals surface area (Å²) < 4.78 is 0. The highest BCUT2D eigenvalue weighted by Gasteiger charge is 2.54. The zero-order valence-corrected chi connectivity index (χ0v) is 15.9. The van der Waals surface area contributed by atoms with E-state index in [9.17, 15) is 24.9 Å². The van der Waals surface area contributed by atoms with Gasteiger partial charge in [0.05, 0.1) is 24.0 Å². The molecule has 4 atom stereocenters. The van der Waals surface area contributed by atoms with Gasteiger partial charge in [0, 0.05) is 12.3 Å². The van der Waals surface area contributed by atoms with Gasteiger partial charge in [-0.2, -0.15) is 0 Å². The molecule has 0 bridgehead atoms. The van der Waals surface area contributed by atoms with Gasteiger partial charge in [-0.25, -0.2) is 0 Å². The van der Waals surface area contributed by atoms with Gasteiger partial charge in [-0.15, -0.1) is 0 Å². The third-order valence-electron chi connectivity index (χ3n) is 5.48. The Morgan fingerprint density at radius 3 is 2.63 bits per heavy atom. The molecule has 0 saturated heterocycles. The zero-order valence-electron chi connectivity index (χ0n) is 15.9. The van der Waals surface area contributed by atoms with Gasteiger partial charge in [0.2, 0.25) is 0 Å². The van der Waals surface area contributed by atoms with E-state index in [0.29, 0.717) is 6.42 Å². The van der Waals surface area contributed by atoms with Gasteiger partial charge in [0.1, 0.15) is 5.78 Å². The second kappa shape index (κ2) is 9.81. The third-order valence-corrected chi connectivity index (χ3v) is 5.48. The molecule has 3 N–H and O–H groups in total. The molecule has 0 aliphatic heterocycles. The van der Waals surface area contributed by atoms with Crippen LogP contribution in [-0.2, 0) is 16.0 Å². The molecule has 0 unspecified atom stereocenters. The molecular weight excluding hydrogens is 344 g/mol. The maximum absolute atomic E-state index is 12.8. The van der Waals surface area contributed by atoms with Crippen molar-refractivity contribution in [1.82, 2.24) is 0 Å². The minimum atomic E-state index is -1.19. The summed E-state index contributed by atoms with van der Waals surface area (Å²) in [5, 5.41) is 30.1. The highest BCUT2D eigenvalue weighted by molar-refractivity contribution is 5.92. The largest absolute Gasteiger partial charge is 0.481 e. The lowest BCUT2D eigenvalue weighted by Gasteiger charge is -2.32. The first-order chi connectivity index (χ1) is 12.9. The van der Waals surface area contributed by atoms with E-state index in [0.717, 1.165) is 24.8 Å². The predicted octanol–water partition coefficient (Wildman–Crippen LogP) is 3.14. The zero-order chi connectivity index (χ0) is 19.9. The average Bonchev–Trinajstić information content (AvgIpc) is 2.83. The molecule has 27 heavy (non-hydrogen) atoms. The minimum Gasteiger partial charge on any atom is -0.481 e. The number of aliphatic hydroxyl groups is 2. The van der Waals surface area contributed by atoms with Crippen LogP contribution >= 0.6 is 0 Å². The number of hydrogen-bond donors (Lipinski definition) is 3. The van der Waals surface area contributed by atoms with Crippen molar-refractivity contribution in [2.45, 2.75) is 64.1 Å². The fourth-order valence-corrected chi connectivity index (χ4v) is 4.06. The molecule has 1 fully saturated rings. The Hall–Kier alpha value is -1.98. The fourth-order valence-electron chi connectivity index (χ4n) is 4.06. The van der Waals surface area contributed by atoms with E-state index >= 15 is 0 Å². The molecule has 0 radical (unpaired) electrons. The van der Waals surface area contributed by atoms with Gasteiger partial charge >= 0.3 is 5.97 Å². The summed E-state index contributed by atoms with van der Waals surface area (Å²) in [6.45, 7) is 2.09. The van der Waals surface area contributed by atoms with Crippen molar-refractivity contribution < 1.29 is 24.9 Å². The summed E-state index contributed by atoms with van der Waals surface area (Å²) in [5.41, 5.74) is -0.324. The minimum absolute atomic E-state index is 0.0545. The van der Waals surface area contributed by atoms with Crippen molar-refractivity contribution in [3.63, 3.8) is 0 Å². The number of carbonyl (C=O) groups is 2. The Morgan fingerprint density at radius 2 is 2.00 bits per heavy atom. The van der Waals surface area contributed by atoms with Crippen LogP contribution in [0.5, 0.6) is 0 Å². The molecule has 1 aliphatic carbocycles. The van der Waals surface area contributed by atoms with E-state index in [4.69, 9.17) is 0 Å². The third kappa shape index (κ3) is 5.50. The SMILES string of the molecule is CCCCC[C@H](O)C=C[C@H]1[C@H](O)CC(=O)[C@@]1(CC(=O)O)Cc1ccccc1. The number of benzene rings is 1. The van der Waals surface area contributed by atoms with Crippen LogP contribution in [0.2, 0.25) is 0 Å². The number of aliphatic carboxylic acids is 1. The average molecular weight is 374 g/mol. The number of unbranched alkanes of at least 4 members (excludes halogenated alkanes) is 2. The molecule has 0 heterocycles. The number of aliphatic hydroxyl groups excluding tert-OH is 2. The molecule has 1 aromatic carbocycles. The van der Waals surface area contributed by atoms with E-state index < -0.39 is 29.5 Å². The fraction of sp³-hybridized carbons (Fsp3) is 0.545. The monoisotopic (exact) mass is 374 g/mol. The van der Waals surface area contributed by atoms with Crippen LogP contribution in [0.15, 0.2) is 42.5 Å². The van der Waals surface area contributed by atoms with E-state index in [-0.39, 0.29) is 25.0 Å². The van der Waals surface area contributed by atoms with Crippen LogP contribution in [0, 0.1) is 11.3 Å². The van der Waals surface area contributed by atoms with E-state index in [2.05, 4.69) is 6.92 Å². The van der Waals surface area contributed by atoms with Crippen LogP contribution in [0.25, 0.3) is 0 Å². The van der Waals surface area contributed by atoms with E-state index in [1.807, 2.05) is 30.3 Å². The molecular formula is C22H30O5. The summed E-state index contributed by atoms with van der Waals surface area (Å²) in [5.74, 6) is -1.91. The highest BCUT2D eigenvalue weighted by atomic mass is 16.4. The predicted molar refractivity (Wildman–Crippen MR) is 103 cm³/mol. The Labute approximate surface area is 160 Å². The standard InChI is InChI=1S/C22H30O5/c1-2-3-5-10-17(23)11-12-18-19(24)13-20(25)22(18,15-21(26)27)14-16-8-6-4-7-9-16/h4,6-9,11-12,17-19,23-24H,2-3,5,10,13-15H2,1H3,(H,26,27)/t17-,18-,19+,22+/m0/s1. The van der Waals surface area contributed by atoms with Crippen molar-refractivity contribution in [2.24, 2.45) is 11.3 Å². The van der Waals surface area contributed by atoms with Crippen LogP contribution in [0.4, 0.5) is 0 Å². The van der Waals surface area contributed by atoms with Gasteiger partial charge in [0.25, 0.3) is 0 Å². The number of Topliss-reactive ketones (excluding diaryl/α,β-unsaturated/α-hetero) is 1. The normalized spacial score (nSPS) is 26.6. The molecule has 1 saturated carbocycles. The number of ketones is 1. The van der Waals surface area contributed by atoms with Gasteiger partial charge in [0.15, 0.2) is 0 Å². The molecule has 5 heteroatoms. The quantitative estimate of drug-likeness (QED) is 0.432. The first kappa shape index (κ1) is 21.3. The number of carbonyl (C=O) groups excluding carboxylic acids is 1. The topological polar surface area (TPSA) is 94.8 Å². The maximum Gasteiger partial charge on any atom is 0.304 e. The maximum atomic E-state index is 12.8. The van der Waals surface area contributed by atoms with Gasteiger partial charge in [-0.05, 0) is 18.4 Å². The van der Waals surface area contributed by atoms with Crippen LogP contribution in [0.1, 0.15) is 51.0 Å². The molecule has 0 aromatic heterocycles. The van der Waals surface area contributed by atoms with Crippen molar-refractivity contribution in [3.8, 4) is 0 Å². The molecule has 148 valence electrons. The highest BCUT2D eigenvalue weighted by Crippen LogP contribution is 2.47. The lowest BCUT2D eigenvalue weighted by molar-refractivity contribution is -0.144. The Morgan fingerprint density at radius 1 is 1.30 bits per heavy atom. The Bertz CT molecular complexity index is 654. The van der Waals surface area contributed by atoms with Crippen LogP contribution in [-0.4, -0.2) is 39.3 Å². The number of carboxylic acids is 1. The van der Waals surface area contributed by atoms with Crippen molar-refractivity contribution in [2.75, 3.05) is 0 Å². The van der Waals surface area contributed by atoms with Crippen LogP contribution < -0.4 is 0 Å². The smallest absolute Gasteiger partial charge is 0.304 e. The van der Waals surface area contributed by atoms with Gasteiger partial charge in [-0.3, -0.25) is 9.59 Å². The molecule has 1 aromatic rings. The summed E-state index contributed by atoms with van der Waals surface area (Å²) in [6.07, 6.45) is 5.18. The van der Waals surface area contributed by atoms with E-state index in [1.54, 1.807) is 12.2 Å². The molecule has 5 nitrogen and oxygen atoms in total. The summed E-state index contributed by atoms with van der Waals surface area (Å²) in [6, 6.07) is 9.29. The van der Waals surface area contributed by atoms with Crippen LogP contribution in [0.3, 0.4) is 0 Å². The number of carboxylic acid groups (broad SMARTS) is 1. The first-order valence-corrected chi connectivity index (χ1v) is 9.72.